The minimum Gasteiger partial charge on any atom is -0.463 e. The number of nitrogens with one attached hydrogen (secondary N) is 1. The molecule has 1 amide bonds. The van der Waals surface area contributed by atoms with Crippen LogP contribution in [-0.2, 0) is 0 Å². The molecule has 3 rings (SSSR count). The third-order valence-electron chi connectivity index (χ3n) is 3.53. The van der Waals surface area contributed by atoms with E-state index in [0.29, 0.717) is 5.56 Å². The van der Waals surface area contributed by atoms with Crippen molar-refractivity contribution in [3.05, 3.63) is 59.0 Å². The van der Waals surface area contributed by atoms with Crippen LogP contribution in [0.3, 0.4) is 0 Å². The lowest BCUT2D eigenvalue weighted by atomic mass is 10.0. The number of amides is 1. The molecular formula is C17H14N4O2S. The van der Waals surface area contributed by atoms with Crippen molar-refractivity contribution in [1.29, 1.82) is 5.41 Å². The first kappa shape index (κ1) is 15.7. The van der Waals surface area contributed by atoms with Crippen molar-refractivity contribution in [2.75, 3.05) is 0 Å². The molecule has 6 N–H and O–H groups in total. The normalized spacial score (nSPS) is 11.6. The molecule has 0 saturated carbocycles. The lowest BCUT2D eigenvalue weighted by molar-refractivity contribution is 0.205. The van der Waals surface area contributed by atoms with Crippen LogP contribution in [0.25, 0.3) is 21.2 Å². The van der Waals surface area contributed by atoms with Crippen LogP contribution in [0.5, 0.6) is 0 Å². The van der Waals surface area contributed by atoms with E-state index in [1.165, 1.54) is 11.3 Å². The largest absolute Gasteiger partial charge is 0.463 e. The minimum atomic E-state index is -1.32. The van der Waals surface area contributed by atoms with Crippen molar-refractivity contribution in [3.63, 3.8) is 0 Å². The first-order valence-corrected chi connectivity index (χ1v) is 7.82. The fourth-order valence-electron chi connectivity index (χ4n) is 2.43. The summed E-state index contributed by atoms with van der Waals surface area (Å²) in [6.07, 6.45) is -1.32. The Balaban J connectivity index is 2.05. The Morgan fingerprint density at radius 3 is 2.46 bits per heavy atom. The van der Waals surface area contributed by atoms with Crippen LogP contribution < -0.4 is 11.5 Å². The zero-order valence-electron chi connectivity index (χ0n) is 12.5. The highest BCUT2D eigenvalue weighted by molar-refractivity contribution is 7.20. The first-order chi connectivity index (χ1) is 11.5. The monoisotopic (exact) mass is 338 g/mol. The number of nitrogens with two attached hydrogens (primary N) is 2. The zero-order valence-corrected chi connectivity index (χ0v) is 13.3. The van der Waals surface area contributed by atoms with Crippen molar-refractivity contribution in [2.24, 2.45) is 16.5 Å². The summed E-state index contributed by atoms with van der Waals surface area (Å²) in [6, 6.07) is 15.0. The number of amidine groups is 2. The Morgan fingerprint density at radius 2 is 1.83 bits per heavy atom. The average Bonchev–Trinajstić information content (AvgIpc) is 2.99. The number of nitrogen functional groups attached to an aromatic ring is 1. The second-order valence-corrected chi connectivity index (χ2v) is 6.18. The molecule has 0 spiro atoms. The molecule has 0 aliphatic heterocycles. The molecule has 0 unspecified atom stereocenters. The first-order valence-electron chi connectivity index (χ1n) is 7.00. The Hall–Kier alpha value is -3.19. The fourth-order valence-corrected chi connectivity index (χ4v) is 3.38. The molecule has 0 bridgehead atoms. The molecule has 2 aromatic carbocycles. The summed E-state index contributed by atoms with van der Waals surface area (Å²) in [7, 11) is 0. The van der Waals surface area contributed by atoms with Gasteiger partial charge in [0.25, 0.3) is 0 Å². The van der Waals surface area contributed by atoms with Gasteiger partial charge >= 0.3 is 6.09 Å². The number of aliphatic imine (C=N–C) groups is 1. The summed E-state index contributed by atoms with van der Waals surface area (Å²) in [6.45, 7) is 0. The number of carboxylic acid groups (broad SMARTS) is 1. The van der Waals surface area contributed by atoms with E-state index in [1.54, 1.807) is 12.1 Å². The maximum absolute atomic E-state index is 10.6. The Kier molecular flexibility index (Phi) is 4.01. The molecule has 0 aliphatic carbocycles. The predicted octanol–water partition coefficient (Wildman–Crippen LogP) is 3.24. The molecule has 7 heteroatoms. The van der Waals surface area contributed by atoms with Gasteiger partial charge in [-0.25, -0.2) is 4.79 Å². The molecular weight excluding hydrogens is 324 g/mol. The molecule has 3 aromatic rings. The molecule has 1 aromatic heterocycles. The number of thiophene rings is 1. The summed E-state index contributed by atoms with van der Waals surface area (Å²) in [5.41, 5.74) is 13.7. The van der Waals surface area contributed by atoms with Crippen LogP contribution in [0.1, 0.15) is 10.4 Å². The van der Waals surface area contributed by atoms with Gasteiger partial charge in [0, 0.05) is 15.6 Å². The highest BCUT2D eigenvalue weighted by Gasteiger charge is 2.10. The van der Waals surface area contributed by atoms with Crippen LogP contribution in [0.4, 0.5) is 4.79 Å². The molecule has 6 nitrogen and oxygen atoms in total. The standard InChI is InChI=1S/C17H14N4O2S/c18-15(19)14-8-12-11(2-1-3-13(12)24-14)9-4-6-10(7-5-9)16(20)21-17(22)23/h1-8H,(H3,18,19)(H2,20,21)(H,22,23). The van der Waals surface area contributed by atoms with Gasteiger partial charge in [-0.3, -0.25) is 5.41 Å². The number of carbonyl (C=O) groups is 1. The maximum Gasteiger partial charge on any atom is 0.433 e. The van der Waals surface area contributed by atoms with E-state index in [-0.39, 0.29) is 11.7 Å². The van der Waals surface area contributed by atoms with Crippen LogP contribution in [0.2, 0.25) is 0 Å². The van der Waals surface area contributed by atoms with Gasteiger partial charge in [0.05, 0.1) is 4.88 Å². The topological polar surface area (TPSA) is 126 Å². The second kappa shape index (κ2) is 6.13. The predicted molar refractivity (Wildman–Crippen MR) is 97.0 cm³/mol. The van der Waals surface area contributed by atoms with Crippen LogP contribution >= 0.6 is 11.3 Å². The van der Waals surface area contributed by atoms with Gasteiger partial charge in [0.15, 0.2) is 0 Å². The lowest BCUT2D eigenvalue weighted by Crippen LogP contribution is -2.14. The Morgan fingerprint density at radius 1 is 1.12 bits per heavy atom. The minimum absolute atomic E-state index is 0.0401. The third kappa shape index (κ3) is 2.97. The second-order valence-electron chi connectivity index (χ2n) is 5.10. The van der Waals surface area contributed by atoms with Gasteiger partial charge in [0.1, 0.15) is 11.7 Å². The summed E-state index contributed by atoms with van der Waals surface area (Å²) in [5.74, 6) is 0.0109. The third-order valence-corrected chi connectivity index (χ3v) is 4.67. The number of hydrogen-bond donors (Lipinski definition) is 4. The molecule has 0 fully saturated rings. The summed E-state index contributed by atoms with van der Waals surface area (Å²) >= 11 is 1.48. The summed E-state index contributed by atoms with van der Waals surface area (Å²) in [4.78, 5) is 14.6. The lowest BCUT2D eigenvalue weighted by Gasteiger charge is -2.05. The molecule has 24 heavy (non-hydrogen) atoms. The van der Waals surface area contributed by atoms with Crippen molar-refractivity contribution >= 4 is 39.2 Å². The van der Waals surface area contributed by atoms with Crippen LogP contribution in [-0.4, -0.2) is 22.9 Å². The number of fused-ring (bicyclic) bond motifs is 1. The van der Waals surface area contributed by atoms with Gasteiger partial charge in [-0.05, 0) is 23.3 Å². The Labute approximate surface area is 141 Å². The van der Waals surface area contributed by atoms with E-state index >= 15 is 0 Å². The highest BCUT2D eigenvalue weighted by Crippen LogP contribution is 2.34. The van der Waals surface area contributed by atoms with Gasteiger partial charge in [-0.15, -0.1) is 11.3 Å². The van der Waals surface area contributed by atoms with Crippen molar-refractivity contribution in [1.82, 2.24) is 0 Å². The summed E-state index contributed by atoms with van der Waals surface area (Å²) < 4.78 is 1.05. The number of hydrogen-bond acceptors (Lipinski definition) is 3. The number of benzene rings is 2. The molecule has 1 heterocycles. The van der Waals surface area contributed by atoms with Gasteiger partial charge in [0.2, 0.25) is 0 Å². The van der Waals surface area contributed by atoms with Gasteiger partial charge in [-0.1, -0.05) is 36.4 Å². The highest BCUT2D eigenvalue weighted by atomic mass is 32.1. The van der Waals surface area contributed by atoms with Crippen molar-refractivity contribution in [2.45, 2.75) is 0 Å². The smallest absolute Gasteiger partial charge is 0.433 e. The molecule has 0 aliphatic rings. The SMILES string of the molecule is N=C(N)c1cc2c(-c3ccc(C(N)=NC(=O)O)cc3)cccc2s1. The number of rotatable bonds is 3. The van der Waals surface area contributed by atoms with E-state index in [2.05, 4.69) is 4.99 Å². The maximum atomic E-state index is 10.6. The fraction of sp³-hybridized carbons (Fsp3) is 0. The zero-order chi connectivity index (χ0) is 17.3. The van der Waals surface area contributed by atoms with Crippen molar-refractivity contribution < 1.29 is 9.90 Å². The van der Waals surface area contributed by atoms with E-state index in [1.807, 2.05) is 36.4 Å². The molecule has 0 radical (unpaired) electrons. The van der Waals surface area contributed by atoms with Crippen LogP contribution in [0, 0.1) is 5.41 Å². The van der Waals surface area contributed by atoms with E-state index in [4.69, 9.17) is 22.0 Å². The van der Waals surface area contributed by atoms with Gasteiger partial charge in [-0.2, -0.15) is 4.99 Å². The summed E-state index contributed by atoms with van der Waals surface area (Å²) in [5, 5.41) is 17.3. The van der Waals surface area contributed by atoms with Crippen molar-refractivity contribution in [3.8, 4) is 11.1 Å². The quantitative estimate of drug-likeness (QED) is 0.432. The number of nitrogens with zero attached hydrogens (tertiary/aromatic N) is 1. The van der Waals surface area contributed by atoms with E-state index in [0.717, 1.165) is 26.1 Å². The van der Waals surface area contributed by atoms with Gasteiger partial charge < -0.3 is 16.6 Å². The molecule has 0 atom stereocenters. The molecule has 120 valence electrons. The Bertz CT molecular complexity index is 974. The average molecular weight is 338 g/mol. The molecule has 0 saturated heterocycles. The van der Waals surface area contributed by atoms with E-state index in [9.17, 15) is 4.79 Å². The van der Waals surface area contributed by atoms with E-state index < -0.39 is 6.09 Å². The van der Waals surface area contributed by atoms with Crippen LogP contribution in [0.15, 0.2) is 53.5 Å².